The number of pyridine rings is 2. The molecule has 0 atom stereocenters. The number of nitrogens with zero attached hydrogens (tertiary/aromatic N) is 4. The Morgan fingerprint density at radius 2 is 2.00 bits per heavy atom. The van der Waals surface area contributed by atoms with Crippen molar-refractivity contribution in [1.29, 1.82) is 0 Å². The highest BCUT2D eigenvalue weighted by Crippen LogP contribution is 2.25. The lowest BCUT2D eigenvalue weighted by molar-refractivity contribution is 0.0589. The predicted molar refractivity (Wildman–Crippen MR) is 97.5 cm³/mol. The van der Waals surface area contributed by atoms with Gasteiger partial charge in [0, 0.05) is 25.0 Å². The normalized spacial score (nSPS) is 11.5. The average molecular weight is 339 g/mol. The molecule has 0 unspecified atom stereocenters. The highest BCUT2D eigenvalue weighted by molar-refractivity contribution is 5.87. The van der Waals surface area contributed by atoms with E-state index in [4.69, 9.17) is 10.5 Å². The molecule has 0 saturated carbocycles. The van der Waals surface area contributed by atoms with Crippen LogP contribution in [-0.4, -0.2) is 33.1 Å². The van der Waals surface area contributed by atoms with Crippen LogP contribution in [0.25, 0.3) is 16.9 Å². The van der Waals surface area contributed by atoms with Crippen molar-refractivity contribution in [2.75, 3.05) is 17.7 Å². The first-order chi connectivity index (χ1) is 11.7. The number of hydrogen-bond acceptors (Lipinski definition) is 5. The van der Waals surface area contributed by atoms with Crippen LogP contribution < -0.4 is 10.6 Å². The lowest BCUT2D eigenvalue weighted by atomic mass is 10.2. The predicted octanol–water partition coefficient (Wildman–Crippen LogP) is 3.35. The topological polar surface area (TPSA) is 85.8 Å². The van der Waals surface area contributed by atoms with Gasteiger partial charge in [-0.15, -0.1) is 0 Å². The minimum absolute atomic E-state index is 0.415. The van der Waals surface area contributed by atoms with E-state index in [9.17, 15) is 4.79 Å². The van der Waals surface area contributed by atoms with E-state index in [1.54, 1.807) is 25.5 Å². The number of fused-ring (bicyclic) bond motifs is 1. The maximum Gasteiger partial charge on any atom is 0.414 e. The van der Waals surface area contributed by atoms with Gasteiger partial charge >= 0.3 is 6.09 Å². The van der Waals surface area contributed by atoms with Crippen molar-refractivity contribution in [1.82, 2.24) is 14.4 Å². The van der Waals surface area contributed by atoms with Gasteiger partial charge in [0.15, 0.2) is 0 Å². The molecule has 3 aromatic heterocycles. The summed E-state index contributed by atoms with van der Waals surface area (Å²) in [5.41, 5.74) is 8.46. The van der Waals surface area contributed by atoms with Crippen molar-refractivity contribution < 1.29 is 9.53 Å². The number of amides is 1. The third kappa shape index (κ3) is 3.55. The van der Waals surface area contributed by atoms with Gasteiger partial charge in [-0.1, -0.05) is 0 Å². The number of rotatable bonds is 2. The second-order valence-corrected chi connectivity index (χ2v) is 6.77. The Morgan fingerprint density at radius 3 is 2.68 bits per heavy atom. The van der Waals surface area contributed by atoms with Gasteiger partial charge in [0.25, 0.3) is 0 Å². The first-order valence-corrected chi connectivity index (χ1v) is 7.90. The number of nitrogens with two attached hydrogens (primary N) is 1. The minimum Gasteiger partial charge on any atom is -0.443 e. The van der Waals surface area contributed by atoms with Gasteiger partial charge in [0.05, 0.1) is 17.6 Å². The van der Waals surface area contributed by atoms with E-state index in [1.165, 1.54) is 4.90 Å². The molecule has 0 saturated heterocycles. The van der Waals surface area contributed by atoms with E-state index < -0.39 is 11.7 Å². The van der Waals surface area contributed by atoms with Gasteiger partial charge in [0.2, 0.25) is 0 Å². The summed E-state index contributed by atoms with van der Waals surface area (Å²) in [7, 11) is 1.68. The summed E-state index contributed by atoms with van der Waals surface area (Å²) in [5.74, 6) is 0.439. The Balaban J connectivity index is 1.99. The second kappa shape index (κ2) is 6.08. The Morgan fingerprint density at radius 1 is 1.24 bits per heavy atom. The third-order valence-electron chi connectivity index (χ3n) is 3.62. The number of ether oxygens (including phenoxy) is 1. The van der Waals surface area contributed by atoms with Gasteiger partial charge in [-0.05, 0) is 45.0 Å². The molecule has 0 aromatic carbocycles. The molecule has 3 heterocycles. The summed E-state index contributed by atoms with van der Waals surface area (Å²) in [4.78, 5) is 22.2. The summed E-state index contributed by atoms with van der Waals surface area (Å²) in [6.07, 6.45) is 4.85. The standard InChI is InChI=1S/C18H21N5O2/c1-18(2,3)25-17(24)22(4)13-5-6-16-21-10-14(23(16)11-13)12-7-8-20-15(19)9-12/h5-11H,1-4H3,(H2,19,20). The fraction of sp³-hybridized carbons (Fsp3) is 0.278. The van der Waals surface area contributed by atoms with Crippen LogP contribution in [0.1, 0.15) is 20.8 Å². The van der Waals surface area contributed by atoms with Crippen LogP contribution in [0.15, 0.2) is 42.9 Å². The molecule has 0 aliphatic rings. The fourth-order valence-corrected chi connectivity index (χ4v) is 2.42. The summed E-state index contributed by atoms with van der Waals surface area (Å²) < 4.78 is 7.32. The van der Waals surface area contributed by atoms with Crippen LogP contribution in [0.5, 0.6) is 0 Å². The number of hydrogen-bond donors (Lipinski definition) is 1. The molecule has 7 nitrogen and oxygen atoms in total. The zero-order valence-electron chi connectivity index (χ0n) is 14.7. The van der Waals surface area contributed by atoms with Crippen LogP contribution in [0.4, 0.5) is 16.3 Å². The third-order valence-corrected chi connectivity index (χ3v) is 3.62. The van der Waals surface area contributed by atoms with Gasteiger partial charge < -0.3 is 10.5 Å². The van der Waals surface area contributed by atoms with E-state index in [-0.39, 0.29) is 0 Å². The Labute approximate surface area is 146 Å². The SMILES string of the molecule is CN(C(=O)OC(C)(C)C)c1ccc2ncc(-c3ccnc(N)c3)n2c1. The molecule has 0 aliphatic heterocycles. The highest BCUT2D eigenvalue weighted by Gasteiger charge is 2.21. The van der Waals surface area contributed by atoms with Crippen molar-refractivity contribution in [3.05, 3.63) is 42.9 Å². The van der Waals surface area contributed by atoms with Gasteiger partial charge in [-0.2, -0.15) is 0 Å². The van der Waals surface area contributed by atoms with E-state index in [1.807, 2.05) is 49.6 Å². The molecule has 130 valence electrons. The number of carbonyl (C=O) groups is 1. The number of anilines is 2. The summed E-state index contributed by atoms with van der Waals surface area (Å²) in [6, 6.07) is 7.33. The molecule has 0 spiro atoms. The molecule has 0 bridgehead atoms. The number of imidazole rings is 1. The van der Waals surface area contributed by atoms with Gasteiger partial charge in [-0.25, -0.2) is 14.8 Å². The molecule has 0 fully saturated rings. The van der Waals surface area contributed by atoms with E-state index in [0.717, 1.165) is 16.9 Å². The zero-order chi connectivity index (χ0) is 18.2. The van der Waals surface area contributed by atoms with Crippen LogP contribution in [0, 0.1) is 0 Å². The van der Waals surface area contributed by atoms with Gasteiger partial charge in [0.1, 0.15) is 17.1 Å². The van der Waals surface area contributed by atoms with E-state index in [0.29, 0.717) is 11.5 Å². The van der Waals surface area contributed by atoms with Crippen molar-refractivity contribution in [2.24, 2.45) is 0 Å². The first kappa shape index (κ1) is 16.8. The highest BCUT2D eigenvalue weighted by atomic mass is 16.6. The molecular formula is C18H21N5O2. The first-order valence-electron chi connectivity index (χ1n) is 7.90. The quantitative estimate of drug-likeness (QED) is 0.774. The average Bonchev–Trinajstić information content (AvgIpc) is 2.95. The number of nitrogen functional groups attached to an aromatic ring is 1. The lowest BCUT2D eigenvalue weighted by Crippen LogP contribution is -2.34. The van der Waals surface area contributed by atoms with Crippen molar-refractivity contribution in [3.8, 4) is 11.3 Å². The monoisotopic (exact) mass is 339 g/mol. The Kier molecular flexibility index (Phi) is 4.08. The van der Waals surface area contributed by atoms with Crippen molar-refractivity contribution >= 4 is 23.2 Å². The van der Waals surface area contributed by atoms with Crippen molar-refractivity contribution in [3.63, 3.8) is 0 Å². The molecule has 25 heavy (non-hydrogen) atoms. The Hall–Kier alpha value is -3.09. The molecular weight excluding hydrogens is 318 g/mol. The van der Waals surface area contributed by atoms with Crippen LogP contribution in [-0.2, 0) is 4.74 Å². The molecule has 7 heteroatoms. The minimum atomic E-state index is -0.551. The van der Waals surface area contributed by atoms with Crippen LogP contribution in [0.3, 0.4) is 0 Å². The zero-order valence-corrected chi connectivity index (χ0v) is 14.7. The van der Waals surface area contributed by atoms with Crippen LogP contribution in [0.2, 0.25) is 0 Å². The maximum absolute atomic E-state index is 12.3. The number of aromatic nitrogens is 3. The molecule has 1 amide bonds. The van der Waals surface area contributed by atoms with Crippen molar-refractivity contribution in [2.45, 2.75) is 26.4 Å². The maximum atomic E-state index is 12.3. The molecule has 2 N–H and O–H groups in total. The molecule has 0 aliphatic carbocycles. The Bertz CT molecular complexity index is 927. The lowest BCUT2D eigenvalue weighted by Gasteiger charge is -2.24. The molecule has 3 aromatic rings. The van der Waals surface area contributed by atoms with E-state index in [2.05, 4.69) is 9.97 Å². The van der Waals surface area contributed by atoms with Crippen LogP contribution >= 0.6 is 0 Å². The summed E-state index contributed by atoms with van der Waals surface area (Å²) >= 11 is 0. The smallest absolute Gasteiger partial charge is 0.414 e. The largest absolute Gasteiger partial charge is 0.443 e. The molecule has 3 rings (SSSR count). The fourth-order valence-electron chi connectivity index (χ4n) is 2.42. The molecule has 0 radical (unpaired) electrons. The van der Waals surface area contributed by atoms with Gasteiger partial charge in [-0.3, -0.25) is 9.30 Å². The summed E-state index contributed by atoms with van der Waals surface area (Å²) in [5, 5.41) is 0. The van der Waals surface area contributed by atoms with E-state index >= 15 is 0 Å². The number of carbonyl (C=O) groups excluding carboxylic acids is 1. The summed E-state index contributed by atoms with van der Waals surface area (Å²) in [6.45, 7) is 5.51. The second-order valence-electron chi connectivity index (χ2n) is 6.77.